The third-order valence-electron chi connectivity index (χ3n) is 2.69. The third kappa shape index (κ3) is 3.19. The second-order valence-electron chi connectivity index (χ2n) is 4.19. The highest BCUT2D eigenvalue weighted by atomic mass is 16.5. The van der Waals surface area contributed by atoms with Crippen LogP contribution in [0.1, 0.15) is 17.0 Å². The van der Waals surface area contributed by atoms with Gasteiger partial charge >= 0.3 is 5.69 Å². The van der Waals surface area contributed by atoms with Crippen LogP contribution in [0.3, 0.4) is 0 Å². The van der Waals surface area contributed by atoms with E-state index in [0.29, 0.717) is 17.0 Å². The average Bonchev–Trinajstić information content (AvgIpc) is 2.84. The first-order valence-corrected chi connectivity index (χ1v) is 5.99. The van der Waals surface area contributed by atoms with Crippen LogP contribution in [-0.2, 0) is 17.9 Å². The molecule has 0 aliphatic rings. The first-order valence-electron chi connectivity index (χ1n) is 5.99. The van der Waals surface area contributed by atoms with Crippen LogP contribution in [0.4, 0.5) is 0 Å². The average molecular weight is 281 g/mol. The molecule has 9 nitrogen and oxygen atoms in total. The molecule has 0 spiro atoms. The fourth-order valence-corrected chi connectivity index (χ4v) is 1.65. The van der Waals surface area contributed by atoms with E-state index >= 15 is 0 Å². The van der Waals surface area contributed by atoms with Gasteiger partial charge in [-0.15, -0.1) is 0 Å². The van der Waals surface area contributed by atoms with Crippen molar-refractivity contribution in [2.45, 2.75) is 20.1 Å². The Morgan fingerprint density at radius 3 is 2.85 bits per heavy atom. The third-order valence-corrected chi connectivity index (χ3v) is 2.69. The molecule has 0 saturated carbocycles. The van der Waals surface area contributed by atoms with E-state index in [9.17, 15) is 9.59 Å². The van der Waals surface area contributed by atoms with E-state index in [1.165, 1.54) is 10.8 Å². The Labute approximate surface area is 113 Å². The number of nitrogens with one attached hydrogen (secondary N) is 2. The van der Waals surface area contributed by atoms with E-state index < -0.39 is 11.2 Å². The molecule has 2 aromatic heterocycles. The molecule has 108 valence electrons. The molecule has 0 amide bonds. The molecule has 0 aliphatic carbocycles. The summed E-state index contributed by atoms with van der Waals surface area (Å²) in [7, 11) is 0. The van der Waals surface area contributed by atoms with Gasteiger partial charge in [-0.2, -0.15) is 15.4 Å². The van der Waals surface area contributed by atoms with Crippen LogP contribution in [0.25, 0.3) is 0 Å². The minimum Gasteiger partial charge on any atom is -0.394 e. The summed E-state index contributed by atoms with van der Waals surface area (Å²) in [6.07, 6.45) is 1.47. The predicted molar refractivity (Wildman–Crippen MR) is 68.3 cm³/mol. The number of aromatic nitrogens is 5. The minimum absolute atomic E-state index is 0.0776. The van der Waals surface area contributed by atoms with Crippen LogP contribution >= 0.6 is 0 Å². The van der Waals surface area contributed by atoms with E-state index in [-0.39, 0.29) is 26.4 Å². The summed E-state index contributed by atoms with van der Waals surface area (Å²) in [5, 5.41) is 19.0. The largest absolute Gasteiger partial charge is 0.394 e. The zero-order valence-corrected chi connectivity index (χ0v) is 10.9. The second-order valence-corrected chi connectivity index (χ2v) is 4.19. The van der Waals surface area contributed by atoms with E-state index in [0.717, 1.165) is 0 Å². The molecule has 2 rings (SSSR count). The van der Waals surface area contributed by atoms with Crippen molar-refractivity contribution in [1.29, 1.82) is 0 Å². The Kier molecular flexibility index (Phi) is 4.43. The molecule has 0 unspecified atom stereocenters. The highest BCUT2D eigenvalue weighted by Crippen LogP contribution is 2.04. The number of rotatable bonds is 6. The summed E-state index contributed by atoms with van der Waals surface area (Å²) in [5.74, 6) is 0. The van der Waals surface area contributed by atoms with Gasteiger partial charge in [-0.05, 0) is 6.92 Å². The number of aryl methyl sites for hydroxylation is 1. The molecular formula is C11H15N5O4. The monoisotopic (exact) mass is 281 g/mol. The van der Waals surface area contributed by atoms with Crippen molar-refractivity contribution in [3.05, 3.63) is 44.0 Å². The number of aromatic amines is 2. The first kappa shape index (κ1) is 14.2. The van der Waals surface area contributed by atoms with Gasteiger partial charge in [-0.1, -0.05) is 0 Å². The first-order chi connectivity index (χ1) is 9.61. The van der Waals surface area contributed by atoms with Gasteiger partial charge < -0.3 is 9.84 Å². The molecule has 0 radical (unpaired) electrons. The lowest BCUT2D eigenvalue weighted by Gasteiger charge is -2.05. The Hall–Kier alpha value is -2.26. The van der Waals surface area contributed by atoms with Crippen LogP contribution < -0.4 is 11.2 Å². The van der Waals surface area contributed by atoms with Gasteiger partial charge in [0.05, 0.1) is 26.4 Å². The van der Waals surface area contributed by atoms with Gasteiger partial charge in [0.1, 0.15) is 11.4 Å². The summed E-state index contributed by atoms with van der Waals surface area (Å²) in [4.78, 5) is 25.2. The van der Waals surface area contributed by atoms with E-state index in [1.807, 2.05) is 0 Å². The standard InChI is InChI=1S/C11H15N5O4/c1-7-4-16(11(19)12-10(7)18)5-8-9(14-15-13-8)6-20-3-2-17/h4,17H,2-3,5-6H2,1H3,(H,12,18,19)(H,13,14,15). The minimum atomic E-state index is -0.508. The van der Waals surface area contributed by atoms with Crippen LogP contribution in [0.2, 0.25) is 0 Å². The molecule has 0 bridgehead atoms. The van der Waals surface area contributed by atoms with Gasteiger partial charge in [-0.3, -0.25) is 14.3 Å². The second kappa shape index (κ2) is 6.26. The molecule has 20 heavy (non-hydrogen) atoms. The SMILES string of the molecule is Cc1cn(Cc2n[nH]nc2COCCO)c(=O)[nH]c1=O. The summed E-state index contributed by atoms with van der Waals surface area (Å²) in [6, 6.07) is 0. The van der Waals surface area contributed by atoms with E-state index in [1.54, 1.807) is 6.92 Å². The smallest absolute Gasteiger partial charge is 0.328 e. The number of nitrogens with zero attached hydrogens (tertiary/aromatic N) is 3. The number of H-pyrrole nitrogens is 2. The molecule has 3 N–H and O–H groups in total. The van der Waals surface area contributed by atoms with Gasteiger partial charge in [0.2, 0.25) is 0 Å². The fraction of sp³-hybridized carbons (Fsp3) is 0.455. The molecule has 0 atom stereocenters. The number of ether oxygens (including phenoxy) is 1. The number of aliphatic hydroxyl groups is 1. The Morgan fingerprint density at radius 1 is 1.35 bits per heavy atom. The van der Waals surface area contributed by atoms with Gasteiger partial charge in [0.25, 0.3) is 5.56 Å². The van der Waals surface area contributed by atoms with Crippen molar-refractivity contribution < 1.29 is 9.84 Å². The molecular weight excluding hydrogens is 266 g/mol. The van der Waals surface area contributed by atoms with Gasteiger partial charge in [-0.25, -0.2) is 4.79 Å². The van der Waals surface area contributed by atoms with Gasteiger partial charge in [0, 0.05) is 11.8 Å². The maximum atomic E-state index is 11.7. The number of hydrogen-bond donors (Lipinski definition) is 3. The maximum absolute atomic E-state index is 11.7. The Balaban J connectivity index is 2.18. The Morgan fingerprint density at radius 2 is 2.10 bits per heavy atom. The molecule has 2 aromatic rings. The highest BCUT2D eigenvalue weighted by molar-refractivity contribution is 5.09. The Bertz CT molecular complexity index is 687. The summed E-state index contributed by atoms with van der Waals surface area (Å²) in [5.41, 5.74) is 0.612. The highest BCUT2D eigenvalue weighted by Gasteiger charge is 2.10. The molecule has 0 aromatic carbocycles. The summed E-state index contributed by atoms with van der Waals surface area (Å²) in [6.45, 7) is 2.09. The number of hydrogen-bond acceptors (Lipinski definition) is 6. The van der Waals surface area contributed by atoms with Gasteiger partial charge in [0.15, 0.2) is 0 Å². The van der Waals surface area contributed by atoms with Crippen LogP contribution in [0, 0.1) is 6.92 Å². The number of aliphatic hydroxyl groups excluding tert-OH is 1. The zero-order chi connectivity index (χ0) is 14.5. The molecule has 0 fully saturated rings. The summed E-state index contributed by atoms with van der Waals surface area (Å²) < 4.78 is 6.50. The molecule has 0 aliphatic heterocycles. The summed E-state index contributed by atoms with van der Waals surface area (Å²) >= 11 is 0. The normalized spacial score (nSPS) is 10.9. The van der Waals surface area contributed by atoms with Crippen molar-refractivity contribution in [1.82, 2.24) is 25.0 Å². The molecule has 0 saturated heterocycles. The zero-order valence-electron chi connectivity index (χ0n) is 10.9. The van der Waals surface area contributed by atoms with Crippen LogP contribution in [-0.4, -0.2) is 43.3 Å². The maximum Gasteiger partial charge on any atom is 0.328 e. The lowest BCUT2D eigenvalue weighted by molar-refractivity contribution is 0.0792. The molecule has 9 heteroatoms. The van der Waals surface area contributed by atoms with E-state index in [2.05, 4.69) is 20.4 Å². The van der Waals surface area contributed by atoms with Crippen molar-refractivity contribution >= 4 is 0 Å². The predicted octanol–water partition coefficient (Wildman–Crippen LogP) is -1.48. The van der Waals surface area contributed by atoms with Crippen molar-refractivity contribution in [2.75, 3.05) is 13.2 Å². The van der Waals surface area contributed by atoms with Crippen molar-refractivity contribution in [3.63, 3.8) is 0 Å². The molecule has 2 heterocycles. The van der Waals surface area contributed by atoms with Crippen molar-refractivity contribution in [3.8, 4) is 0 Å². The topological polar surface area (TPSA) is 126 Å². The lowest BCUT2D eigenvalue weighted by Crippen LogP contribution is -2.31. The van der Waals surface area contributed by atoms with Crippen molar-refractivity contribution in [2.24, 2.45) is 0 Å². The van der Waals surface area contributed by atoms with E-state index in [4.69, 9.17) is 9.84 Å². The van der Waals surface area contributed by atoms with Crippen LogP contribution in [0.15, 0.2) is 15.8 Å². The fourth-order valence-electron chi connectivity index (χ4n) is 1.65. The lowest BCUT2D eigenvalue weighted by atomic mass is 10.3. The quantitative estimate of drug-likeness (QED) is 0.554. The van der Waals surface area contributed by atoms with Crippen LogP contribution in [0.5, 0.6) is 0 Å².